The molecule has 0 fully saturated rings. The molecule has 2 rings (SSSR count). The molecule has 0 aliphatic carbocycles. The maximum absolute atomic E-state index is 13.5. The van der Waals surface area contributed by atoms with Gasteiger partial charge < -0.3 is 19.3 Å². The Kier molecular flexibility index (Phi) is 4.65. The molecular formula is C16H17FO4. The van der Waals surface area contributed by atoms with Crippen molar-refractivity contribution >= 4 is 0 Å². The monoisotopic (exact) mass is 292 g/mol. The Bertz CT molecular complexity index is 605. The number of benzene rings is 2. The molecule has 0 aromatic heterocycles. The molecule has 1 N–H and O–H groups in total. The van der Waals surface area contributed by atoms with E-state index in [0.29, 0.717) is 28.4 Å². The second-order valence-corrected chi connectivity index (χ2v) is 4.37. The SMILES string of the molecule is COc1ccc(F)cc1C(O)c1c(OC)cccc1OC. The molecule has 0 radical (unpaired) electrons. The minimum absolute atomic E-state index is 0.306. The molecule has 112 valence electrons. The zero-order chi connectivity index (χ0) is 15.4. The molecule has 2 aromatic carbocycles. The summed E-state index contributed by atoms with van der Waals surface area (Å²) in [5.41, 5.74) is 0.728. The fraction of sp³-hybridized carbons (Fsp3) is 0.250. The average molecular weight is 292 g/mol. The Morgan fingerprint density at radius 3 is 2.00 bits per heavy atom. The topological polar surface area (TPSA) is 47.9 Å². The zero-order valence-electron chi connectivity index (χ0n) is 12.1. The maximum atomic E-state index is 13.5. The lowest BCUT2D eigenvalue weighted by atomic mass is 9.98. The van der Waals surface area contributed by atoms with Crippen molar-refractivity contribution in [3.63, 3.8) is 0 Å². The number of aliphatic hydroxyl groups excluding tert-OH is 1. The van der Waals surface area contributed by atoms with Crippen LogP contribution in [0.1, 0.15) is 17.2 Å². The lowest BCUT2D eigenvalue weighted by molar-refractivity contribution is 0.203. The summed E-state index contributed by atoms with van der Waals surface area (Å²) in [5, 5.41) is 10.6. The Balaban J connectivity index is 2.59. The van der Waals surface area contributed by atoms with E-state index >= 15 is 0 Å². The second kappa shape index (κ2) is 6.45. The molecule has 0 amide bonds. The number of hydrogen-bond donors (Lipinski definition) is 1. The van der Waals surface area contributed by atoms with Gasteiger partial charge in [-0.15, -0.1) is 0 Å². The molecule has 0 aliphatic heterocycles. The average Bonchev–Trinajstić information content (AvgIpc) is 2.53. The van der Waals surface area contributed by atoms with Gasteiger partial charge in [0, 0.05) is 5.56 Å². The van der Waals surface area contributed by atoms with Gasteiger partial charge in [-0.05, 0) is 30.3 Å². The van der Waals surface area contributed by atoms with Crippen LogP contribution in [-0.4, -0.2) is 26.4 Å². The first-order chi connectivity index (χ1) is 10.1. The van der Waals surface area contributed by atoms with E-state index in [4.69, 9.17) is 14.2 Å². The highest BCUT2D eigenvalue weighted by Gasteiger charge is 2.23. The third-order valence-corrected chi connectivity index (χ3v) is 3.23. The predicted molar refractivity (Wildman–Crippen MR) is 76.6 cm³/mol. The van der Waals surface area contributed by atoms with Gasteiger partial charge in [-0.25, -0.2) is 4.39 Å². The summed E-state index contributed by atoms with van der Waals surface area (Å²) in [7, 11) is 4.45. The van der Waals surface area contributed by atoms with Crippen LogP contribution in [0.15, 0.2) is 36.4 Å². The number of rotatable bonds is 5. The van der Waals surface area contributed by atoms with E-state index in [1.54, 1.807) is 18.2 Å². The van der Waals surface area contributed by atoms with Crippen molar-refractivity contribution in [2.45, 2.75) is 6.10 Å². The Hall–Kier alpha value is -2.27. The van der Waals surface area contributed by atoms with Gasteiger partial charge >= 0.3 is 0 Å². The first-order valence-electron chi connectivity index (χ1n) is 6.34. The van der Waals surface area contributed by atoms with Crippen LogP contribution in [0.2, 0.25) is 0 Å². The van der Waals surface area contributed by atoms with E-state index in [0.717, 1.165) is 0 Å². The van der Waals surface area contributed by atoms with Crippen LogP contribution < -0.4 is 14.2 Å². The van der Waals surface area contributed by atoms with Gasteiger partial charge in [-0.1, -0.05) is 6.07 Å². The van der Waals surface area contributed by atoms with Crippen molar-refractivity contribution in [3.8, 4) is 17.2 Å². The standard InChI is InChI=1S/C16H17FO4/c1-19-12-8-7-10(17)9-11(12)16(18)15-13(20-2)5-4-6-14(15)21-3/h4-9,16,18H,1-3H3. The van der Waals surface area contributed by atoms with Gasteiger partial charge in [0.1, 0.15) is 29.2 Å². The quantitative estimate of drug-likeness (QED) is 0.920. The zero-order valence-corrected chi connectivity index (χ0v) is 12.1. The summed E-state index contributed by atoms with van der Waals surface area (Å²) in [4.78, 5) is 0. The fourth-order valence-electron chi connectivity index (χ4n) is 2.22. The molecule has 0 saturated heterocycles. The lowest BCUT2D eigenvalue weighted by Crippen LogP contribution is -2.07. The predicted octanol–water partition coefficient (Wildman–Crippen LogP) is 2.93. The Labute approximate surface area is 122 Å². The number of methoxy groups -OCH3 is 3. The minimum atomic E-state index is -1.14. The number of ether oxygens (including phenoxy) is 3. The normalized spacial score (nSPS) is 11.9. The van der Waals surface area contributed by atoms with E-state index in [2.05, 4.69) is 0 Å². The van der Waals surface area contributed by atoms with Crippen molar-refractivity contribution in [2.75, 3.05) is 21.3 Å². The number of aliphatic hydroxyl groups is 1. The molecular weight excluding hydrogens is 275 g/mol. The summed E-state index contributed by atoms with van der Waals surface area (Å²) >= 11 is 0. The molecule has 2 aromatic rings. The van der Waals surface area contributed by atoms with Gasteiger partial charge in [-0.2, -0.15) is 0 Å². The highest BCUT2D eigenvalue weighted by molar-refractivity contribution is 5.52. The van der Waals surface area contributed by atoms with Crippen molar-refractivity contribution in [2.24, 2.45) is 0 Å². The first kappa shape index (κ1) is 15.1. The molecule has 21 heavy (non-hydrogen) atoms. The van der Waals surface area contributed by atoms with Crippen LogP contribution in [0.5, 0.6) is 17.2 Å². The van der Waals surface area contributed by atoms with Gasteiger partial charge in [0.05, 0.1) is 26.9 Å². The maximum Gasteiger partial charge on any atom is 0.128 e. The van der Waals surface area contributed by atoms with Crippen LogP contribution in [-0.2, 0) is 0 Å². The number of hydrogen-bond acceptors (Lipinski definition) is 4. The number of halogens is 1. The van der Waals surface area contributed by atoms with E-state index in [-0.39, 0.29) is 0 Å². The van der Waals surface area contributed by atoms with Crippen molar-refractivity contribution < 1.29 is 23.7 Å². The van der Waals surface area contributed by atoms with Crippen LogP contribution in [0.4, 0.5) is 4.39 Å². The second-order valence-electron chi connectivity index (χ2n) is 4.37. The van der Waals surface area contributed by atoms with Crippen LogP contribution in [0.25, 0.3) is 0 Å². The minimum Gasteiger partial charge on any atom is -0.496 e. The third kappa shape index (κ3) is 2.92. The smallest absolute Gasteiger partial charge is 0.128 e. The molecule has 0 spiro atoms. The largest absolute Gasteiger partial charge is 0.496 e. The first-order valence-corrected chi connectivity index (χ1v) is 6.34. The highest BCUT2D eigenvalue weighted by Crippen LogP contribution is 2.40. The summed E-state index contributed by atoms with van der Waals surface area (Å²) in [6, 6.07) is 9.12. The van der Waals surface area contributed by atoms with E-state index in [1.165, 1.54) is 39.5 Å². The summed E-state index contributed by atoms with van der Waals surface area (Å²) in [5.74, 6) is 0.830. The van der Waals surface area contributed by atoms with Gasteiger partial charge in [0.25, 0.3) is 0 Å². The molecule has 0 saturated carbocycles. The van der Waals surface area contributed by atoms with Crippen molar-refractivity contribution in [1.29, 1.82) is 0 Å². The van der Waals surface area contributed by atoms with Gasteiger partial charge in [-0.3, -0.25) is 0 Å². The fourth-order valence-corrected chi connectivity index (χ4v) is 2.22. The van der Waals surface area contributed by atoms with Crippen molar-refractivity contribution in [1.82, 2.24) is 0 Å². The van der Waals surface area contributed by atoms with Crippen LogP contribution in [0.3, 0.4) is 0 Å². The van der Waals surface area contributed by atoms with E-state index in [1.807, 2.05) is 0 Å². The Morgan fingerprint density at radius 2 is 1.48 bits per heavy atom. The van der Waals surface area contributed by atoms with E-state index in [9.17, 15) is 9.50 Å². The molecule has 5 heteroatoms. The van der Waals surface area contributed by atoms with Crippen molar-refractivity contribution in [3.05, 3.63) is 53.3 Å². The molecule has 4 nitrogen and oxygen atoms in total. The molecule has 1 atom stereocenters. The summed E-state index contributed by atoms with van der Waals surface area (Å²) < 4.78 is 29.2. The highest BCUT2D eigenvalue weighted by atomic mass is 19.1. The summed E-state index contributed by atoms with van der Waals surface area (Å²) in [6.45, 7) is 0. The molecule has 0 aliphatic rings. The Morgan fingerprint density at radius 1 is 0.905 bits per heavy atom. The molecule has 1 unspecified atom stereocenters. The van der Waals surface area contributed by atoms with E-state index < -0.39 is 11.9 Å². The van der Waals surface area contributed by atoms with Crippen LogP contribution in [0, 0.1) is 5.82 Å². The lowest BCUT2D eigenvalue weighted by Gasteiger charge is -2.20. The van der Waals surface area contributed by atoms with Gasteiger partial charge in [0.2, 0.25) is 0 Å². The summed E-state index contributed by atoms with van der Waals surface area (Å²) in [6.07, 6.45) is -1.14. The van der Waals surface area contributed by atoms with Crippen LogP contribution >= 0.6 is 0 Å². The molecule has 0 bridgehead atoms. The third-order valence-electron chi connectivity index (χ3n) is 3.23. The molecule has 0 heterocycles. The van der Waals surface area contributed by atoms with Gasteiger partial charge in [0.15, 0.2) is 0 Å².